The number of hydrogen-bond donors (Lipinski definition) is 0. The summed E-state index contributed by atoms with van der Waals surface area (Å²) < 4.78 is 139. The van der Waals surface area contributed by atoms with E-state index in [-0.39, 0.29) is 68.4 Å². The van der Waals surface area contributed by atoms with E-state index < -0.39 is 77.6 Å². The van der Waals surface area contributed by atoms with Gasteiger partial charge in [-0.25, -0.2) is 0 Å². The third-order valence-corrected chi connectivity index (χ3v) is 7.94. The lowest BCUT2D eigenvalue weighted by Gasteiger charge is -2.18. The fourth-order valence-electron chi connectivity index (χ4n) is 5.99. The van der Waals surface area contributed by atoms with Gasteiger partial charge in [-0.05, 0) is 84.2 Å². The van der Waals surface area contributed by atoms with Crippen LogP contribution in [0.5, 0.6) is 0 Å². The molecule has 0 aliphatic carbocycles. The molecule has 0 bridgehead atoms. The van der Waals surface area contributed by atoms with Crippen molar-refractivity contribution in [2.24, 2.45) is 0 Å². The second kappa shape index (κ2) is 10.4. The Balaban J connectivity index is 1.44. The summed E-state index contributed by atoms with van der Waals surface area (Å²) in [5.41, 5.74) is 0.0895. The minimum absolute atomic E-state index is 0.0851. The predicted octanol–water partition coefficient (Wildman–Crippen LogP) is 12.6. The molecule has 45 heavy (non-hydrogen) atoms. The first-order chi connectivity index (χ1) is 28.6. The van der Waals surface area contributed by atoms with Crippen molar-refractivity contribution < 1.29 is 25.0 Å². The summed E-state index contributed by atoms with van der Waals surface area (Å²) in [5.74, 6) is 0. The zero-order valence-electron chi connectivity index (χ0n) is 38.4. The van der Waals surface area contributed by atoms with Crippen molar-refractivity contribution in [1.29, 1.82) is 0 Å². The molecule has 1 heteroatoms. The molecule has 9 aromatic rings. The smallest absolute Gasteiger partial charge is 0.136 e. The number of fused-ring (bicyclic) bond motifs is 5. The summed E-state index contributed by atoms with van der Waals surface area (Å²) in [7, 11) is 0. The molecule has 9 rings (SSSR count). The molecular formula is C44H28O. The van der Waals surface area contributed by atoms with Crippen molar-refractivity contribution in [1.82, 2.24) is 0 Å². The van der Waals surface area contributed by atoms with Crippen molar-refractivity contribution >= 4 is 43.5 Å². The summed E-state index contributed by atoms with van der Waals surface area (Å²) >= 11 is 0. The van der Waals surface area contributed by atoms with Crippen LogP contribution in [0, 0.1) is 0 Å². The molecule has 0 N–H and O–H groups in total. The minimum Gasteiger partial charge on any atom is -0.456 e. The van der Waals surface area contributed by atoms with Gasteiger partial charge < -0.3 is 4.42 Å². The second-order valence-electron chi connectivity index (χ2n) is 10.5. The Labute approximate surface area is 282 Å². The van der Waals surface area contributed by atoms with Crippen LogP contribution in [0.1, 0.15) is 20.6 Å². The Morgan fingerprint density at radius 3 is 1.64 bits per heavy atom. The highest BCUT2D eigenvalue weighted by Crippen LogP contribution is 2.47. The number of furan rings is 1. The van der Waals surface area contributed by atoms with E-state index in [2.05, 4.69) is 0 Å². The second-order valence-corrected chi connectivity index (χ2v) is 10.5. The summed E-state index contributed by atoms with van der Waals surface area (Å²) in [4.78, 5) is 0. The normalized spacial score (nSPS) is 16.2. The summed E-state index contributed by atoms with van der Waals surface area (Å²) in [6.07, 6.45) is 0. The maximum atomic E-state index is 9.50. The van der Waals surface area contributed by atoms with Crippen molar-refractivity contribution in [3.63, 3.8) is 0 Å². The standard InChI is InChI=1S/C44H28O/c1-3-12-29(13-4-1)31-22-24-32(25-23-31)42-34-16-7-9-18-36(34)43(37-19-10-8-17-35(37)42)38-20-11-21-41-44(38)39-28-33(26-27-40(39)45-41)30-14-5-2-6-15-30/h1-28H/i1D,3D,4D,11D,12D,13D,20D,21D,22D,23D,24D,25D,26D,27D,28D. The highest BCUT2D eigenvalue weighted by atomic mass is 16.3. The Kier molecular flexibility index (Phi) is 3.39. The molecule has 0 saturated heterocycles. The number of benzene rings is 8. The topological polar surface area (TPSA) is 13.1 Å². The third kappa shape index (κ3) is 4.17. The van der Waals surface area contributed by atoms with Gasteiger partial charge >= 0.3 is 0 Å². The Bertz CT molecular complexity index is 3260. The molecule has 0 spiro atoms. The first-order valence-electron chi connectivity index (χ1n) is 21.7. The SMILES string of the molecule is [2H]c1c([2H])c([2H])c(-c2c([2H])c([2H])c(-c3c4ccccc4c(-c4c([2H])c([2H])c([2H])c5oc6c([2H])c([2H])c(-c7ccccc7)c([2H])c6c45)c4ccccc34)c([2H])c2[2H])c([2H])c1[2H]. The van der Waals surface area contributed by atoms with Crippen LogP contribution in [0.3, 0.4) is 0 Å². The van der Waals surface area contributed by atoms with E-state index in [1.807, 2.05) is 0 Å². The number of rotatable bonds is 4. The lowest BCUT2D eigenvalue weighted by Crippen LogP contribution is -1.91. The quantitative estimate of drug-likeness (QED) is 0.187. The van der Waals surface area contributed by atoms with E-state index in [9.17, 15) is 5.48 Å². The zero-order chi connectivity index (χ0) is 42.8. The van der Waals surface area contributed by atoms with Crippen LogP contribution in [0.15, 0.2) is 174 Å². The van der Waals surface area contributed by atoms with Crippen LogP contribution in [0.2, 0.25) is 0 Å². The van der Waals surface area contributed by atoms with Gasteiger partial charge in [-0.2, -0.15) is 0 Å². The Hall–Kier alpha value is -5.92. The van der Waals surface area contributed by atoms with Gasteiger partial charge in [0.1, 0.15) is 11.2 Å². The molecule has 0 fully saturated rings. The van der Waals surface area contributed by atoms with Crippen LogP contribution in [0.4, 0.5) is 0 Å². The molecule has 0 unspecified atom stereocenters. The molecule has 0 saturated carbocycles. The van der Waals surface area contributed by atoms with Gasteiger partial charge in [-0.15, -0.1) is 0 Å². The molecule has 0 atom stereocenters. The minimum atomic E-state index is -0.685. The van der Waals surface area contributed by atoms with Crippen molar-refractivity contribution in [3.05, 3.63) is 169 Å². The lowest BCUT2D eigenvalue weighted by atomic mass is 9.84. The maximum Gasteiger partial charge on any atom is 0.136 e. The van der Waals surface area contributed by atoms with Crippen LogP contribution in [-0.2, 0) is 0 Å². The van der Waals surface area contributed by atoms with Gasteiger partial charge in [0, 0.05) is 10.8 Å². The van der Waals surface area contributed by atoms with Crippen LogP contribution in [0.25, 0.3) is 88.0 Å². The Morgan fingerprint density at radius 1 is 0.378 bits per heavy atom. The molecular weight excluding hydrogens is 544 g/mol. The van der Waals surface area contributed by atoms with Crippen molar-refractivity contribution in [2.75, 3.05) is 0 Å². The monoisotopic (exact) mass is 587 g/mol. The van der Waals surface area contributed by atoms with E-state index in [1.54, 1.807) is 78.9 Å². The molecule has 210 valence electrons. The van der Waals surface area contributed by atoms with Crippen molar-refractivity contribution in [2.45, 2.75) is 0 Å². The fourth-order valence-corrected chi connectivity index (χ4v) is 5.99. The fraction of sp³-hybridized carbons (Fsp3) is 0. The van der Waals surface area contributed by atoms with Crippen molar-refractivity contribution in [3.8, 4) is 44.5 Å². The molecule has 0 amide bonds. The maximum absolute atomic E-state index is 9.50. The Morgan fingerprint density at radius 2 is 0.956 bits per heavy atom. The molecule has 0 aliphatic heterocycles. The highest BCUT2D eigenvalue weighted by Gasteiger charge is 2.20. The summed E-state index contributed by atoms with van der Waals surface area (Å²) in [5, 5.41) is 1.92. The van der Waals surface area contributed by atoms with Gasteiger partial charge in [0.25, 0.3) is 0 Å². The largest absolute Gasteiger partial charge is 0.456 e. The van der Waals surface area contributed by atoms with E-state index in [1.165, 1.54) is 0 Å². The average molecular weight is 588 g/mol. The molecule has 1 heterocycles. The predicted molar refractivity (Wildman–Crippen MR) is 190 cm³/mol. The molecule has 0 aliphatic rings. The van der Waals surface area contributed by atoms with Crippen LogP contribution < -0.4 is 0 Å². The van der Waals surface area contributed by atoms with Gasteiger partial charge in [-0.1, -0.05) is 151 Å². The van der Waals surface area contributed by atoms with E-state index in [0.717, 1.165) is 0 Å². The van der Waals surface area contributed by atoms with Gasteiger partial charge in [0.15, 0.2) is 0 Å². The van der Waals surface area contributed by atoms with Gasteiger partial charge in [0.2, 0.25) is 0 Å². The number of hydrogen-bond acceptors (Lipinski definition) is 1. The van der Waals surface area contributed by atoms with Crippen LogP contribution in [-0.4, -0.2) is 0 Å². The molecule has 1 aromatic heterocycles. The molecule has 8 aromatic carbocycles. The molecule has 0 radical (unpaired) electrons. The summed E-state index contributed by atoms with van der Waals surface area (Å²) in [6, 6.07) is 14.8. The zero-order valence-corrected chi connectivity index (χ0v) is 23.4. The van der Waals surface area contributed by atoms with E-state index in [0.29, 0.717) is 32.7 Å². The van der Waals surface area contributed by atoms with Gasteiger partial charge in [-0.3, -0.25) is 0 Å². The first kappa shape index (κ1) is 14.7. The van der Waals surface area contributed by atoms with E-state index >= 15 is 0 Å². The average Bonchev–Trinajstić information content (AvgIpc) is 3.66. The lowest BCUT2D eigenvalue weighted by molar-refractivity contribution is 0.669. The van der Waals surface area contributed by atoms with Gasteiger partial charge in [0.05, 0.1) is 20.6 Å². The third-order valence-electron chi connectivity index (χ3n) is 7.94. The highest BCUT2D eigenvalue weighted by molar-refractivity contribution is 6.25. The summed E-state index contributed by atoms with van der Waals surface area (Å²) in [6.45, 7) is 0. The molecule has 1 nitrogen and oxygen atoms in total. The van der Waals surface area contributed by atoms with Crippen LogP contribution >= 0.6 is 0 Å². The first-order valence-corrected chi connectivity index (χ1v) is 14.2. The van der Waals surface area contributed by atoms with E-state index in [4.69, 9.17) is 19.5 Å².